The Morgan fingerprint density at radius 2 is 1.95 bits per heavy atom. The average molecular weight is 538 g/mol. The molecule has 0 saturated carbocycles. The molecule has 5 aromatic rings. The van der Waals surface area contributed by atoms with Gasteiger partial charge in [0, 0.05) is 18.8 Å². The number of hydrogen-bond donors (Lipinski definition) is 3. The van der Waals surface area contributed by atoms with Crippen molar-refractivity contribution in [2.45, 2.75) is 25.4 Å². The molecular weight excluding hydrogens is 510 g/mol. The van der Waals surface area contributed by atoms with Crippen molar-refractivity contribution in [2.24, 2.45) is 0 Å². The summed E-state index contributed by atoms with van der Waals surface area (Å²) in [6.45, 7) is 1.06. The zero-order chi connectivity index (χ0) is 27.6. The number of carboxylic acid groups (broad SMARTS) is 1. The predicted octanol–water partition coefficient (Wildman–Crippen LogP) is 4.18. The first-order chi connectivity index (χ1) is 19.5. The predicted molar refractivity (Wildman–Crippen MR) is 150 cm³/mol. The molecule has 2 aromatic carbocycles. The van der Waals surface area contributed by atoms with Gasteiger partial charge in [0.15, 0.2) is 11.6 Å². The molecular formula is C29H27N7O4. The molecule has 4 heterocycles. The van der Waals surface area contributed by atoms with Crippen molar-refractivity contribution in [2.75, 3.05) is 23.9 Å². The molecule has 0 radical (unpaired) electrons. The first-order valence-corrected chi connectivity index (χ1v) is 12.9. The van der Waals surface area contributed by atoms with E-state index in [0.29, 0.717) is 48.2 Å². The summed E-state index contributed by atoms with van der Waals surface area (Å²) in [6, 6.07) is 20.0. The van der Waals surface area contributed by atoms with Gasteiger partial charge in [-0.05, 0) is 54.8 Å². The molecule has 1 saturated heterocycles. The number of nitrogens with zero attached hydrogens (tertiary/aromatic N) is 5. The number of carbonyl (C=O) groups is 2. The number of ether oxygens (including phenoxy) is 1. The lowest BCUT2D eigenvalue weighted by molar-refractivity contribution is -0.138. The number of benzene rings is 2. The van der Waals surface area contributed by atoms with Crippen LogP contribution in [0.3, 0.4) is 0 Å². The number of para-hydroxylation sites is 2. The average Bonchev–Trinajstić information content (AvgIpc) is 3.72. The topological polar surface area (TPSA) is 138 Å². The van der Waals surface area contributed by atoms with Gasteiger partial charge < -0.3 is 25.0 Å². The molecule has 0 bridgehead atoms. The molecule has 3 N–H and O–H groups in total. The van der Waals surface area contributed by atoms with Gasteiger partial charge in [0.25, 0.3) is 5.91 Å². The Morgan fingerprint density at radius 1 is 1.12 bits per heavy atom. The van der Waals surface area contributed by atoms with Crippen LogP contribution in [0.15, 0.2) is 72.9 Å². The number of hydrogen-bond acceptors (Lipinski definition) is 7. The molecule has 202 valence electrons. The zero-order valence-corrected chi connectivity index (χ0v) is 21.7. The molecule has 1 amide bonds. The number of aliphatic carboxylic acids is 1. The number of aromatic nitrogens is 5. The third-order valence-corrected chi connectivity index (χ3v) is 6.99. The molecule has 11 heteroatoms. The molecule has 3 aromatic heterocycles. The van der Waals surface area contributed by atoms with E-state index in [4.69, 9.17) is 9.72 Å². The molecule has 0 aliphatic carbocycles. The van der Waals surface area contributed by atoms with Gasteiger partial charge in [-0.1, -0.05) is 24.3 Å². The van der Waals surface area contributed by atoms with Gasteiger partial charge in [0.2, 0.25) is 0 Å². The monoisotopic (exact) mass is 537 g/mol. The normalized spacial score (nSPS) is 14.9. The molecule has 40 heavy (non-hydrogen) atoms. The number of imidazole rings is 1. The van der Waals surface area contributed by atoms with Gasteiger partial charge in [0.1, 0.15) is 23.3 Å². The van der Waals surface area contributed by atoms with Gasteiger partial charge in [-0.25, -0.2) is 14.8 Å². The van der Waals surface area contributed by atoms with E-state index >= 15 is 0 Å². The number of anilines is 2. The molecule has 1 fully saturated rings. The summed E-state index contributed by atoms with van der Waals surface area (Å²) in [7, 11) is 1.62. The van der Waals surface area contributed by atoms with Crippen LogP contribution in [-0.4, -0.2) is 61.4 Å². The highest BCUT2D eigenvalue weighted by Crippen LogP contribution is 2.26. The number of fused-ring (bicyclic) bond motifs is 1. The molecule has 1 aliphatic heterocycles. The second kappa shape index (κ2) is 10.5. The fourth-order valence-corrected chi connectivity index (χ4v) is 4.94. The molecule has 0 unspecified atom stereocenters. The van der Waals surface area contributed by atoms with E-state index in [1.165, 1.54) is 6.20 Å². The van der Waals surface area contributed by atoms with Crippen molar-refractivity contribution >= 4 is 34.5 Å². The van der Waals surface area contributed by atoms with Crippen LogP contribution >= 0.6 is 0 Å². The Kier molecular flexibility index (Phi) is 6.61. The highest BCUT2D eigenvalue weighted by Gasteiger charge is 2.31. The van der Waals surface area contributed by atoms with E-state index < -0.39 is 12.0 Å². The Morgan fingerprint density at radius 3 is 2.67 bits per heavy atom. The third-order valence-electron chi connectivity index (χ3n) is 6.99. The SMILES string of the molecule is COc1ccc(Cn2nc(NC(=O)c3ccc(N4CCC[C@H]4C(=O)O)nc3)cc2-c2nc3ccccc3[nH]2)cc1. The van der Waals surface area contributed by atoms with E-state index in [0.717, 1.165) is 28.8 Å². The van der Waals surface area contributed by atoms with Crippen molar-refractivity contribution < 1.29 is 19.4 Å². The molecule has 0 spiro atoms. The van der Waals surface area contributed by atoms with Gasteiger partial charge >= 0.3 is 5.97 Å². The summed E-state index contributed by atoms with van der Waals surface area (Å²) in [6.07, 6.45) is 2.82. The van der Waals surface area contributed by atoms with E-state index in [2.05, 4.69) is 20.4 Å². The summed E-state index contributed by atoms with van der Waals surface area (Å²) >= 11 is 0. The van der Waals surface area contributed by atoms with Crippen LogP contribution in [-0.2, 0) is 11.3 Å². The van der Waals surface area contributed by atoms with Crippen LogP contribution in [0.2, 0.25) is 0 Å². The summed E-state index contributed by atoms with van der Waals surface area (Å²) in [5.74, 6) is 1.05. The van der Waals surface area contributed by atoms with Crippen molar-refractivity contribution in [3.8, 4) is 17.3 Å². The minimum absolute atomic E-state index is 0.338. The maximum absolute atomic E-state index is 13.1. The number of nitrogens with one attached hydrogen (secondary N) is 2. The Bertz CT molecular complexity index is 1640. The highest BCUT2D eigenvalue weighted by atomic mass is 16.5. The van der Waals surface area contributed by atoms with Crippen LogP contribution in [0.25, 0.3) is 22.6 Å². The highest BCUT2D eigenvalue weighted by molar-refractivity contribution is 6.03. The molecule has 1 aliphatic rings. The van der Waals surface area contributed by atoms with Gasteiger partial charge in [0.05, 0.1) is 30.3 Å². The first kappa shape index (κ1) is 25.1. The fourth-order valence-electron chi connectivity index (χ4n) is 4.94. The quantitative estimate of drug-likeness (QED) is 0.268. The van der Waals surface area contributed by atoms with Crippen molar-refractivity contribution in [3.05, 3.63) is 84.1 Å². The second-order valence-corrected chi connectivity index (χ2v) is 9.57. The van der Waals surface area contributed by atoms with Gasteiger partial charge in [-0.3, -0.25) is 9.48 Å². The largest absolute Gasteiger partial charge is 0.497 e. The van der Waals surface area contributed by atoms with Crippen LogP contribution in [0.4, 0.5) is 11.6 Å². The standard InChI is InChI=1S/C29H27N7O4/c1-40-20-11-8-18(9-12-20)17-36-24(27-31-21-5-2-3-6-22(21)32-27)15-25(34-36)33-28(37)19-10-13-26(30-16-19)35-14-4-7-23(35)29(38)39/h2-3,5-6,8-13,15-16,23H,4,7,14,17H2,1H3,(H,31,32)(H,38,39)(H,33,34,37)/t23-/m0/s1. The summed E-state index contributed by atoms with van der Waals surface area (Å²) in [5, 5.41) is 17.0. The maximum Gasteiger partial charge on any atom is 0.326 e. The lowest BCUT2D eigenvalue weighted by Crippen LogP contribution is -2.36. The van der Waals surface area contributed by atoms with Crippen molar-refractivity contribution in [3.63, 3.8) is 0 Å². The van der Waals surface area contributed by atoms with E-state index in [1.807, 2.05) is 48.5 Å². The number of rotatable bonds is 8. The van der Waals surface area contributed by atoms with Gasteiger partial charge in [-0.15, -0.1) is 0 Å². The first-order valence-electron chi connectivity index (χ1n) is 12.9. The Balaban J connectivity index is 1.26. The lowest BCUT2D eigenvalue weighted by atomic mass is 10.2. The van der Waals surface area contributed by atoms with Crippen LogP contribution in [0, 0.1) is 0 Å². The number of amides is 1. The van der Waals surface area contributed by atoms with Crippen molar-refractivity contribution in [1.29, 1.82) is 0 Å². The van der Waals surface area contributed by atoms with E-state index in [1.54, 1.807) is 34.9 Å². The number of H-pyrrole nitrogens is 1. The molecule has 1 atom stereocenters. The van der Waals surface area contributed by atoms with Crippen LogP contribution in [0.1, 0.15) is 28.8 Å². The summed E-state index contributed by atoms with van der Waals surface area (Å²) in [4.78, 5) is 38.8. The minimum atomic E-state index is -0.869. The zero-order valence-electron chi connectivity index (χ0n) is 21.7. The number of aromatic amines is 1. The van der Waals surface area contributed by atoms with Gasteiger partial charge in [-0.2, -0.15) is 5.10 Å². The van der Waals surface area contributed by atoms with Crippen LogP contribution in [0.5, 0.6) is 5.75 Å². The summed E-state index contributed by atoms with van der Waals surface area (Å²) in [5.41, 5.74) is 3.78. The van der Waals surface area contributed by atoms with Crippen LogP contribution < -0.4 is 15.0 Å². The molecule has 11 nitrogen and oxygen atoms in total. The smallest absolute Gasteiger partial charge is 0.326 e. The maximum atomic E-state index is 13.1. The minimum Gasteiger partial charge on any atom is -0.497 e. The lowest BCUT2D eigenvalue weighted by Gasteiger charge is -2.22. The van der Waals surface area contributed by atoms with E-state index in [9.17, 15) is 14.7 Å². The number of carboxylic acids is 1. The number of carbonyl (C=O) groups excluding carboxylic acids is 1. The van der Waals surface area contributed by atoms with Crippen molar-refractivity contribution in [1.82, 2.24) is 24.7 Å². The Labute approximate surface area is 229 Å². The second-order valence-electron chi connectivity index (χ2n) is 9.57. The fraction of sp³-hybridized carbons (Fsp3) is 0.207. The van der Waals surface area contributed by atoms with E-state index in [-0.39, 0.29) is 5.91 Å². The molecule has 6 rings (SSSR count). The Hall–Kier alpha value is -5.19. The third kappa shape index (κ3) is 4.96. The number of methoxy groups -OCH3 is 1. The number of pyridine rings is 1. The summed E-state index contributed by atoms with van der Waals surface area (Å²) < 4.78 is 7.06.